The van der Waals surface area contributed by atoms with E-state index < -0.39 is 0 Å². The third-order valence-corrected chi connectivity index (χ3v) is 0. The molecule has 0 aliphatic rings. The van der Waals surface area contributed by atoms with Gasteiger partial charge in [-0.3, -0.25) is 0 Å². The van der Waals surface area contributed by atoms with E-state index in [1.54, 1.807) is 0 Å². The number of halogens is 2. The van der Waals surface area contributed by atoms with Crippen LogP contribution in [0.2, 0.25) is 0 Å². The molecule has 0 unspecified atom stereocenters. The van der Waals surface area contributed by atoms with Crippen LogP contribution in [0.1, 0.15) is 44.6 Å². The van der Waals surface area contributed by atoms with Crippen molar-refractivity contribution in [3.63, 3.8) is 0 Å². The first-order valence-electron chi connectivity index (χ1n) is 0. The van der Waals surface area contributed by atoms with Crippen LogP contribution >= 0.6 is 48.0 Å². The predicted molar refractivity (Wildman–Crippen MR) is 71.2 cm³/mol. The lowest BCUT2D eigenvalue weighted by Gasteiger charge is -0.108. The van der Waals surface area contributed by atoms with Crippen molar-refractivity contribution >= 4 is 48.0 Å². The molecule has 0 radical (unpaired) electrons. The maximum absolute atomic E-state index is 0. The van der Waals surface area contributed by atoms with Crippen LogP contribution in [0.15, 0.2) is 0 Å². The molecule has 0 amide bonds. The van der Waals surface area contributed by atoms with Gasteiger partial charge in [-0.15, -0.1) is 48.0 Å². The van der Waals surface area contributed by atoms with E-state index in [0.717, 1.165) is 0 Å². The standard InChI is InChI=1S/6CH4.2HI/h6*1H4;2*1H. The largest absolute Gasteiger partial charge is 0.107 e. The van der Waals surface area contributed by atoms with E-state index in [1.807, 2.05) is 0 Å². The highest BCUT2D eigenvalue weighted by Crippen LogP contribution is 0.887. The Morgan fingerprint density at radius 2 is 0.250 bits per heavy atom. The van der Waals surface area contributed by atoms with E-state index in [9.17, 15) is 0 Å². The van der Waals surface area contributed by atoms with Gasteiger partial charge in [0.05, 0.1) is 0 Å². The summed E-state index contributed by atoms with van der Waals surface area (Å²) < 4.78 is 0. The summed E-state index contributed by atoms with van der Waals surface area (Å²) >= 11 is 0. The lowest BCUT2D eigenvalue weighted by atomic mass is 12.0. The van der Waals surface area contributed by atoms with Gasteiger partial charge >= 0.3 is 0 Å². The molecule has 0 saturated carbocycles. The number of hydrogen-bond acceptors (Lipinski definition) is 0. The van der Waals surface area contributed by atoms with Gasteiger partial charge in [0.25, 0.3) is 0 Å². The quantitative estimate of drug-likeness (QED) is 0.535. The molecule has 0 rings (SSSR count). The molecule has 0 aromatic heterocycles. The number of hydrogen-bond donors (Lipinski definition) is 0. The molecule has 0 bridgehead atoms. The Balaban J connectivity index is 0. The van der Waals surface area contributed by atoms with Crippen LogP contribution in [0.3, 0.4) is 0 Å². The molecule has 0 aromatic carbocycles. The molecule has 0 atom stereocenters. The maximum Gasteiger partial charge on any atom is -0.0776 e. The van der Waals surface area contributed by atoms with Crippen molar-refractivity contribution in [1.29, 1.82) is 0 Å². The minimum atomic E-state index is 0. The molecule has 8 heavy (non-hydrogen) atoms. The first-order valence-corrected chi connectivity index (χ1v) is 0. The van der Waals surface area contributed by atoms with Gasteiger partial charge in [-0.2, -0.15) is 0 Å². The third kappa shape index (κ3) is 146. The van der Waals surface area contributed by atoms with Gasteiger partial charge in [-0.25, -0.2) is 0 Å². The fourth-order valence-corrected chi connectivity index (χ4v) is 0. The van der Waals surface area contributed by atoms with Crippen molar-refractivity contribution in [3.05, 3.63) is 0 Å². The molecule has 0 heterocycles. The highest BCUT2D eigenvalue weighted by molar-refractivity contribution is 14.0. The summed E-state index contributed by atoms with van der Waals surface area (Å²) in [6.45, 7) is 0. The molecule has 0 aliphatic heterocycles. The zero-order valence-electron chi connectivity index (χ0n) is 0.816. The van der Waals surface area contributed by atoms with E-state index in [1.165, 1.54) is 0 Å². The van der Waals surface area contributed by atoms with Gasteiger partial charge in [0.2, 0.25) is 0 Å². The van der Waals surface area contributed by atoms with Crippen molar-refractivity contribution in [2.45, 2.75) is 44.6 Å². The second-order valence-corrected chi connectivity index (χ2v) is 0. The van der Waals surface area contributed by atoms with E-state index in [4.69, 9.17) is 0 Å². The fourth-order valence-electron chi connectivity index (χ4n) is 0. The maximum atomic E-state index is 0. The number of rotatable bonds is 0. The second kappa shape index (κ2) is 221. The van der Waals surface area contributed by atoms with Crippen LogP contribution in [0, 0.1) is 0 Å². The van der Waals surface area contributed by atoms with E-state index >= 15 is 0 Å². The van der Waals surface area contributed by atoms with Gasteiger partial charge in [-0.05, 0) is 0 Å². The van der Waals surface area contributed by atoms with Gasteiger partial charge in [0.1, 0.15) is 0 Å². The minimum Gasteiger partial charge on any atom is -0.107 e. The Hall–Kier alpha value is 1.46. The summed E-state index contributed by atoms with van der Waals surface area (Å²) in [7, 11) is 0. The summed E-state index contributed by atoms with van der Waals surface area (Å²) in [5.74, 6) is 0. The molecule has 0 nitrogen and oxygen atoms in total. The van der Waals surface area contributed by atoms with Gasteiger partial charge in [-0.1, -0.05) is 44.6 Å². The van der Waals surface area contributed by atoms with Gasteiger partial charge < -0.3 is 0 Å². The Kier molecular flexibility index (Phi) is 8770. The predicted octanol–water partition coefficient (Wildman–Crippen LogP) is 5.05. The van der Waals surface area contributed by atoms with E-state index in [-0.39, 0.29) is 92.5 Å². The Bertz CT molecular complexity index is 6.49. The van der Waals surface area contributed by atoms with Gasteiger partial charge in [0, 0.05) is 0 Å². The molecule has 0 spiro atoms. The molecule has 0 aromatic rings. The first-order chi connectivity index (χ1) is 0. The van der Waals surface area contributed by atoms with Crippen LogP contribution in [-0.2, 0) is 0 Å². The van der Waals surface area contributed by atoms with Crippen molar-refractivity contribution in [2.24, 2.45) is 0 Å². The molecule has 0 saturated heterocycles. The zero-order valence-corrected chi connectivity index (χ0v) is 5.48. The van der Waals surface area contributed by atoms with Crippen molar-refractivity contribution in [3.8, 4) is 0 Å². The summed E-state index contributed by atoms with van der Waals surface area (Å²) in [5.41, 5.74) is 0. The lowest BCUT2D eigenvalue weighted by molar-refractivity contribution is 2.50. The monoisotopic (exact) mass is 352 g/mol. The molecule has 0 aliphatic carbocycles. The smallest absolute Gasteiger partial charge is 0.0776 e. The average molecular weight is 352 g/mol. The van der Waals surface area contributed by atoms with Crippen LogP contribution in [0.25, 0.3) is 0 Å². The summed E-state index contributed by atoms with van der Waals surface area (Å²) in [4.78, 5) is 0. The highest BCUT2D eigenvalue weighted by Gasteiger charge is -0.0722. The highest BCUT2D eigenvalue weighted by atomic mass is 127. The Morgan fingerprint density at radius 3 is 0.250 bits per heavy atom. The molecule has 64 valence electrons. The van der Waals surface area contributed by atoms with Crippen molar-refractivity contribution < 1.29 is 0 Å². The normalized spacial score (nSPS) is 0. The molecule has 0 fully saturated rings. The van der Waals surface area contributed by atoms with Crippen LogP contribution in [0.4, 0.5) is 0 Å². The lowest BCUT2D eigenvalue weighted by Crippen LogP contribution is 0.143. The van der Waals surface area contributed by atoms with E-state index in [2.05, 4.69) is 0 Å². The summed E-state index contributed by atoms with van der Waals surface area (Å²) in [6.07, 6.45) is 0. The van der Waals surface area contributed by atoms with Crippen molar-refractivity contribution in [2.75, 3.05) is 0 Å². The summed E-state index contributed by atoms with van der Waals surface area (Å²) in [6, 6.07) is 0. The van der Waals surface area contributed by atoms with Gasteiger partial charge in [0.15, 0.2) is 0 Å². The van der Waals surface area contributed by atoms with E-state index in [0.29, 0.717) is 0 Å². The third-order valence-electron chi connectivity index (χ3n) is 0. The Labute approximate surface area is 91.9 Å². The second-order valence-electron chi connectivity index (χ2n) is 0. The Morgan fingerprint density at radius 1 is 0.250 bits per heavy atom. The molecular formula is C6H26I2. The fraction of sp³-hybridized carbons (Fsp3) is 1.00. The van der Waals surface area contributed by atoms with Crippen molar-refractivity contribution in [1.82, 2.24) is 0 Å². The molecule has 2 heteroatoms. The SMILES string of the molecule is C.C.C.C.C.C.I.I. The van der Waals surface area contributed by atoms with Crippen LogP contribution in [0.5, 0.6) is 0 Å². The van der Waals surface area contributed by atoms with Crippen LogP contribution < -0.4 is 0 Å². The zero-order chi connectivity index (χ0) is 0. The first kappa shape index (κ1) is 318. The molecular weight excluding hydrogens is 326 g/mol. The summed E-state index contributed by atoms with van der Waals surface area (Å²) in [5, 5.41) is 0. The average Bonchev–Trinajstić information content (AvgIpc) is 0. The van der Waals surface area contributed by atoms with Crippen LogP contribution in [-0.4, -0.2) is 0 Å². The molecule has 0 N–H and O–H groups in total. The topological polar surface area (TPSA) is 0 Å². The minimum absolute atomic E-state index is 0.